The first kappa shape index (κ1) is 12.5. The van der Waals surface area contributed by atoms with E-state index in [2.05, 4.69) is 12.2 Å². The number of carboxylic acids is 1. The summed E-state index contributed by atoms with van der Waals surface area (Å²) in [7, 11) is 0. The van der Waals surface area contributed by atoms with E-state index in [0.29, 0.717) is 17.9 Å². The Labute approximate surface area is 109 Å². The number of carboxylic acid groups (broad SMARTS) is 1. The molecular formula is C15H25NO2. The third-order valence-electron chi connectivity index (χ3n) is 5.76. The Morgan fingerprint density at radius 1 is 1.17 bits per heavy atom. The zero-order valence-electron chi connectivity index (χ0n) is 11.3. The van der Waals surface area contributed by atoms with Crippen LogP contribution in [0.3, 0.4) is 0 Å². The van der Waals surface area contributed by atoms with Crippen LogP contribution in [0.4, 0.5) is 0 Å². The van der Waals surface area contributed by atoms with Crippen LogP contribution >= 0.6 is 0 Å². The Hall–Kier alpha value is -0.570. The highest BCUT2D eigenvalue weighted by molar-refractivity contribution is 5.72. The molecule has 3 heteroatoms. The first-order valence-electron chi connectivity index (χ1n) is 7.65. The molecule has 0 aromatic rings. The highest BCUT2D eigenvalue weighted by atomic mass is 16.4. The SMILES string of the molecule is CC(NC1C2CCC(C2)C1C(=O)O)C1CCCC1. The smallest absolute Gasteiger partial charge is 0.308 e. The fraction of sp³-hybridized carbons (Fsp3) is 0.933. The molecule has 3 saturated carbocycles. The van der Waals surface area contributed by atoms with Gasteiger partial charge in [0, 0.05) is 12.1 Å². The second kappa shape index (κ2) is 4.84. The van der Waals surface area contributed by atoms with Gasteiger partial charge in [-0.25, -0.2) is 0 Å². The highest BCUT2D eigenvalue weighted by Gasteiger charge is 2.51. The molecule has 0 heterocycles. The monoisotopic (exact) mass is 251 g/mol. The summed E-state index contributed by atoms with van der Waals surface area (Å²) in [5.41, 5.74) is 0. The molecule has 102 valence electrons. The van der Waals surface area contributed by atoms with Crippen molar-refractivity contribution in [1.29, 1.82) is 0 Å². The summed E-state index contributed by atoms with van der Waals surface area (Å²) < 4.78 is 0. The summed E-state index contributed by atoms with van der Waals surface area (Å²) in [5, 5.41) is 13.1. The summed E-state index contributed by atoms with van der Waals surface area (Å²) in [6, 6.07) is 0.746. The Morgan fingerprint density at radius 2 is 1.83 bits per heavy atom. The molecule has 3 rings (SSSR count). The first-order valence-corrected chi connectivity index (χ1v) is 7.65. The molecule has 3 nitrogen and oxygen atoms in total. The van der Waals surface area contributed by atoms with Crippen molar-refractivity contribution in [3.05, 3.63) is 0 Å². The lowest BCUT2D eigenvalue weighted by atomic mass is 9.83. The van der Waals surface area contributed by atoms with Gasteiger partial charge in [0.05, 0.1) is 5.92 Å². The fourth-order valence-corrected chi connectivity index (χ4v) is 4.78. The van der Waals surface area contributed by atoms with Gasteiger partial charge in [0.1, 0.15) is 0 Å². The van der Waals surface area contributed by atoms with E-state index in [4.69, 9.17) is 0 Å². The molecule has 5 atom stereocenters. The summed E-state index contributed by atoms with van der Waals surface area (Å²) in [4.78, 5) is 11.5. The van der Waals surface area contributed by atoms with Gasteiger partial charge in [-0.3, -0.25) is 4.79 Å². The zero-order chi connectivity index (χ0) is 12.7. The van der Waals surface area contributed by atoms with Crippen molar-refractivity contribution in [3.8, 4) is 0 Å². The molecule has 0 aromatic carbocycles. The van der Waals surface area contributed by atoms with E-state index in [1.54, 1.807) is 0 Å². The Balaban J connectivity index is 1.65. The molecule has 3 fully saturated rings. The average Bonchev–Trinajstić information content (AvgIpc) is 3.05. The van der Waals surface area contributed by atoms with Gasteiger partial charge < -0.3 is 10.4 Å². The van der Waals surface area contributed by atoms with E-state index in [-0.39, 0.29) is 12.0 Å². The lowest BCUT2D eigenvalue weighted by molar-refractivity contribution is -0.144. The zero-order valence-corrected chi connectivity index (χ0v) is 11.3. The summed E-state index contributed by atoms with van der Waals surface area (Å²) in [6.45, 7) is 2.26. The molecule has 2 N–H and O–H groups in total. The Morgan fingerprint density at radius 3 is 2.50 bits per heavy atom. The summed E-state index contributed by atoms with van der Waals surface area (Å²) in [6.07, 6.45) is 8.89. The summed E-state index contributed by atoms with van der Waals surface area (Å²) >= 11 is 0. The molecule has 2 bridgehead atoms. The topological polar surface area (TPSA) is 49.3 Å². The first-order chi connectivity index (χ1) is 8.66. The third kappa shape index (κ3) is 2.07. The molecule has 0 amide bonds. The Bertz CT molecular complexity index is 324. The van der Waals surface area contributed by atoms with Gasteiger partial charge >= 0.3 is 5.97 Å². The second-order valence-corrected chi connectivity index (χ2v) is 6.72. The maximum absolute atomic E-state index is 11.5. The predicted molar refractivity (Wildman–Crippen MR) is 70.3 cm³/mol. The molecular weight excluding hydrogens is 226 g/mol. The van der Waals surface area contributed by atoms with Crippen molar-refractivity contribution >= 4 is 5.97 Å². The number of hydrogen-bond donors (Lipinski definition) is 2. The van der Waals surface area contributed by atoms with E-state index in [0.717, 1.165) is 18.8 Å². The summed E-state index contributed by atoms with van der Waals surface area (Å²) in [5.74, 6) is 1.16. The van der Waals surface area contributed by atoms with Crippen LogP contribution < -0.4 is 5.32 Å². The molecule has 3 aliphatic carbocycles. The van der Waals surface area contributed by atoms with Gasteiger partial charge in [-0.05, 0) is 56.8 Å². The maximum atomic E-state index is 11.5. The van der Waals surface area contributed by atoms with Crippen molar-refractivity contribution < 1.29 is 9.90 Å². The van der Waals surface area contributed by atoms with E-state index < -0.39 is 5.97 Å². The molecule has 0 aromatic heterocycles. The lowest BCUT2D eigenvalue weighted by Crippen LogP contribution is -2.49. The van der Waals surface area contributed by atoms with Gasteiger partial charge in [0.15, 0.2) is 0 Å². The van der Waals surface area contributed by atoms with Crippen LogP contribution in [-0.4, -0.2) is 23.2 Å². The van der Waals surface area contributed by atoms with Gasteiger partial charge in [0.2, 0.25) is 0 Å². The van der Waals surface area contributed by atoms with Gasteiger partial charge in [-0.1, -0.05) is 12.8 Å². The quantitative estimate of drug-likeness (QED) is 0.807. The largest absolute Gasteiger partial charge is 0.481 e. The fourth-order valence-electron chi connectivity index (χ4n) is 4.78. The molecule has 18 heavy (non-hydrogen) atoms. The molecule has 0 spiro atoms. The standard InChI is InChI=1S/C15H25NO2/c1-9(10-4-2-3-5-10)16-14-12-7-6-11(8-12)13(14)15(17)18/h9-14,16H,2-8H2,1H3,(H,17,18). The van der Waals surface area contributed by atoms with Gasteiger partial charge in [-0.2, -0.15) is 0 Å². The molecule has 0 aliphatic heterocycles. The van der Waals surface area contributed by atoms with Crippen molar-refractivity contribution in [2.24, 2.45) is 23.7 Å². The minimum atomic E-state index is -0.571. The third-order valence-corrected chi connectivity index (χ3v) is 5.76. The van der Waals surface area contributed by atoms with E-state index in [1.165, 1.54) is 32.1 Å². The number of carbonyl (C=O) groups is 1. The van der Waals surface area contributed by atoms with Crippen LogP contribution in [0.2, 0.25) is 0 Å². The number of nitrogens with one attached hydrogen (secondary N) is 1. The normalized spacial score (nSPS) is 41.4. The van der Waals surface area contributed by atoms with Crippen LogP contribution in [0, 0.1) is 23.7 Å². The van der Waals surface area contributed by atoms with Crippen molar-refractivity contribution in [2.75, 3.05) is 0 Å². The van der Waals surface area contributed by atoms with Crippen molar-refractivity contribution in [1.82, 2.24) is 5.32 Å². The van der Waals surface area contributed by atoms with Crippen LogP contribution in [0.15, 0.2) is 0 Å². The molecule has 3 aliphatic rings. The average molecular weight is 251 g/mol. The van der Waals surface area contributed by atoms with E-state index in [9.17, 15) is 9.90 Å². The minimum Gasteiger partial charge on any atom is -0.481 e. The molecule has 0 radical (unpaired) electrons. The number of fused-ring (bicyclic) bond motifs is 2. The lowest BCUT2D eigenvalue weighted by Gasteiger charge is -2.33. The highest BCUT2D eigenvalue weighted by Crippen LogP contribution is 2.49. The van der Waals surface area contributed by atoms with E-state index in [1.807, 2.05) is 0 Å². The van der Waals surface area contributed by atoms with Crippen molar-refractivity contribution in [2.45, 2.75) is 64.0 Å². The van der Waals surface area contributed by atoms with Gasteiger partial charge in [-0.15, -0.1) is 0 Å². The van der Waals surface area contributed by atoms with E-state index >= 15 is 0 Å². The predicted octanol–water partition coefficient (Wildman–Crippen LogP) is 2.65. The second-order valence-electron chi connectivity index (χ2n) is 6.72. The van der Waals surface area contributed by atoms with Crippen LogP contribution in [0.1, 0.15) is 51.9 Å². The van der Waals surface area contributed by atoms with Crippen LogP contribution in [0.5, 0.6) is 0 Å². The number of hydrogen-bond acceptors (Lipinski definition) is 2. The molecule has 5 unspecified atom stereocenters. The maximum Gasteiger partial charge on any atom is 0.308 e. The van der Waals surface area contributed by atoms with Crippen LogP contribution in [-0.2, 0) is 4.79 Å². The van der Waals surface area contributed by atoms with Crippen molar-refractivity contribution in [3.63, 3.8) is 0 Å². The Kier molecular flexibility index (Phi) is 3.35. The molecule has 0 saturated heterocycles. The number of rotatable bonds is 4. The minimum absolute atomic E-state index is 0.118. The number of aliphatic carboxylic acids is 1. The van der Waals surface area contributed by atoms with Gasteiger partial charge in [0.25, 0.3) is 0 Å². The van der Waals surface area contributed by atoms with Crippen LogP contribution in [0.25, 0.3) is 0 Å².